The fourth-order valence-electron chi connectivity index (χ4n) is 4.54. The first-order valence-corrected chi connectivity index (χ1v) is 12.0. The van der Waals surface area contributed by atoms with Crippen LogP contribution in [0.2, 0.25) is 13.1 Å². The van der Waals surface area contributed by atoms with Crippen molar-refractivity contribution < 1.29 is 4.57 Å². The summed E-state index contributed by atoms with van der Waals surface area (Å²) in [4.78, 5) is 0. The molecule has 3 aromatic rings. The zero-order valence-electron chi connectivity index (χ0n) is 16.0. The van der Waals surface area contributed by atoms with E-state index in [1.54, 1.807) is 0 Å². The van der Waals surface area contributed by atoms with Crippen LogP contribution in [0.3, 0.4) is 0 Å². The molecule has 4 rings (SSSR count). The SMILES string of the molecule is Cc1ccc2c(c1C#N)[Si](C)(C)c1c-2ccc(C)c1-c1cccc[n+]1C. The average molecular weight is 356 g/mol. The van der Waals surface area contributed by atoms with Gasteiger partial charge in [-0.3, -0.25) is 0 Å². The van der Waals surface area contributed by atoms with Crippen LogP contribution in [0.5, 0.6) is 0 Å². The van der Waals surface area contributed by atoms with Crippen LogP contribution in [0.4, 0.5) is 0 Å². The molecule has 0 fully saturated rings. The van der Waals surface area contributed by atoms with E-state index in [0.29, 0.717) is 0 Å². The Morgan fingerprint density at radius 3 is 2.19 bits per heavy atom. The first-order chi connectivity index (χ1) is 12.4. The normalized spacial score (nSPS) is 13.8. The minimum Gasteiger partial charge on any atom is -0.201 e. The molecule has 26 heavy (non-hydrogen) atoms. The van der Waals surface area contributed by atoms with Crippen molar-refractivity contribution in [3.8, 4) is 28.5 Å². The molecule has 0 amide bonds. The quantitative estimate of drug-likeness (QED) is 0.485. The molecule has 128 valence electrons. The molecule has 3 heteroatoms. The van der Waals surface area contributed by atoms with Crippen LogP contribution in [0.15, 0.2) is 48.7 Å². The van der Waals surface area contributed by atoms with Gasteiger partial charge in [0, 0.05) is 17.7 Å². The maximum atomic E-state index is 9.85. The molecule has 2 aromatic carbocycles. The summed E-state index contributed by atoms with van der Waals surface area (Å²) in [5, 5.41) is 12.6. The molecule has 0 bridgehead atoms. The molecular weight excluding hydrogens is 332 g/mol. The van der Waals surface area contributed by atoms with Crippen molar-refractivity contribution in [2.45, 2.75) is 26.9 Å². The highest BCUT2D eigenvalue weighted by Gasteiger charge is 2.43. The van der Waals surface area contributed by atoms with E-state index in [2.05, 4.69) is 93.3 Å². The van der Waals surface area contributed by atoms with Crippen molar-refractivity contribution in [1.82, 2.24) is 0 Å². The number of nitrogens with zero attached hydrogens (tertiary/aromatic N) is 2. The lowest BCUT2D eigenvalue weighted by Gasteiger charge is -2.23. The average Bonchev–Trinajstić information content (AvgIpc) is 2.84. The van der Waals surface area contributed by atoms with Crippen LogP contribution in [0.25, 0.3) is 22.4 Å². The number of aromatic nitrogens is 1. The minimum absolute atomic E-state index is 0.886. The number of hydrogen-bond acceptors (Lipinski definition) is 1. The van der Waals surface area contributed by atoms with Gasteiger partial charge in [0.25, 0.3) is 0 Å². The topological polar surface area (TPSA) is 27.7 Å². The third-order valence-corrected chi connectivity index (χ3v) is 9.33. The summed E-state index contributed by atoms with van der Waals surface area (Å²) < 4.78 is 2.20. The number of hydrogen-bond donors (Lipinski definition) is 0. The number of aryl methyl sites for hydroxylation is 3. The highest BCUT2D eigenvalue weighted by Crippen LogP contribution is 2.35. The minimum atomic E-state index is -2.00. The van der Waals surface area contributed by atoms with E-state index in [-0.39, 0.29) is 0 Å². The van der Waals surface area contributed by atoms with Gasteiger partial charge in [-0.25, -0.2) is 4.57 Å². The van der Waals surface area contributed by atoms with Crippen molar-refractivity contribution in [2.75, 3.05) is 0 Å². The van der Waals surface area contributed by atoms with Crippen molar-refractivity contribution >= 4 is 18.4 Å². The summed E-state index contributed by atoms with van der Waals surface area (Å²) in [7, 11) is 0.111. The van der Waals surface area contributed by atoms with Crippen molar-refractivity contribution in [3.63, 3.8) is 0 Å². The number of benzene rings is 2. The maximum Gasteiger partial charge on any atom is 0.212 e. The van der Waals surface area contributed by atoms with E-state index in [9.17, 15) is 5.26 Å². The van der Waals surface area contributed by atoms with Crippen molar-refractivity contribution in [2.24, 2.45) is 7.05 Å². The second kappa shape index (κ2) is 5.65. The molecule has 1 aliphatic rings. The molecule has 0 spiro atoms. The third kappa shape index (κ3) is 2.12. The molecule has 0 aliphatic carbocycles. The van der Waals surface area contributed by atoms with Crippen LogP contribution in [-0.2, 0) is 7.05 Å². The smallest absolute Gasteiger partial charge is 0.201 e. The van der Waals surface area contributed by atoms with Gasteiger partial charge in [0.2, 0.25) is 5.69 Å². The number of rotatable bonds is 1. The van der Waals surface area contributed by atoms with Crippen LogP contribution < -0.4 is 14.9 Å². The largest absolute Gasteiger partial charge is 0.212 e. The van der Waals surface area contributed by atoms with E-state index < -0.39 is 8.07 Å². The van der Waals surface area contributed by atoms with Crippen LogP contribution in [0, 0.1) is 25.2 Å². The predicted octanol–water partition coefficient (Wildman–Crippen LogP) is 3.47. The molecule has 1 aliphatic heterocycles. The second-order valence-electron chi connectivity index (χ2n) is 7.79. The lowest BCUT2D eigenvalue weighted by atomic mass is 9.95. The van der Waals surface area contributed by atoms with E-state index in [4.69, 9.17) is 0 Å². The van der Waals surface area contributed by atoms with Crippen LogP contribution in [-0.4, -0.2) is 8.07 Å². The van der Waals surface area contributed by atoms with Gasteiger partial charge >= 0.3 is 0 Å². The maximum absolute atomic E-state index is 9.85. The zero-order chi connectivity index (χ0) is 18.6. The highest BCUT2D eigenvalue weighted by molar-refractivity contribution is 7.05. The van der Waals surface area contributed by atoms with Gasteiger partial charge in [-0.1, -0.05) is 37.4 Å². The van der Waals surface area contributed by atoms with Crippen LogP contribution >= 0.6 is 0 Å². The Balaban J connectivity index is 2.14. The predicted molar refractivity (Wildman–Crippen MR) is 109 cm³/mol. The first kappa shape index (κ1) is 16.7. The van der Waals surface area contributed by atoms with Gasteiger partial charge in [0.15, 0.2) is 6.20 Å². The Hall–Kier alpha value is -2.70. The molecule has 0 unspecified atom stereocenters. The second-order valence-corrected chi connectivity index (χ2v) is 12.0. The van der Waals surface area contributed by atoms with Crippen LogP contribution in [0.1, 0.15) is 16.7 Å². The summed E-state index contributed by atoms with van der Waals surface area (Å²) in [5.41, 5.74) is 8.44. The Kier molecular flexibility index (Phi) is 3.64. The number of pyridine rings is 1. The molecule has 0 saturated heterocycles. The Bertz CT molecular complexity index is 1100. The number of nitriles is 1. The Morgan fingerprint density at radius 1 is 0.885 bits per heavy atom. The lowest BCUT2D eigenvalue weighted by Crippen LogP contribution is -2.52. The van der Waals surface area contributed by atoms with Crippen molar-refractivity contribution in [1.29, 1.82) is 5.26 Å². The van der Waals surface area contributed by atoms with E-state index in [0.717, 1.165) is 11.1 Å². The van der Waals surface area contributed by atoms with Gasteiger partial charge < -0.3 is 0 Å². The summed E-state index contributed by atoms with van der Waals surface area (Å²) in [6, 6.07) is 17.7. The van der Waals surface area contributed by atoms with Gasteiger partial charge in [0.05, 0.1) is 11.6 Å². The molecule has 0 atom stereocenters. The standard InChI is InChI=1S/C23H23N2Si/c1-15-9-11-17-18-12-10-16(2)21(20-8-6-7-13-25(20)3)23(18)26(4,5)22(17)19(15)14-24/h6-13H,1-5H3/q+1. The summed E-state index contributed by atoms with van der Waals surface area (Å²) in [6.45, 7) is 9.04. The molecule has 0 saturated carbocycles. The third-order valence-electron chi connectivity index (χ3n) is 5.79. The Labute approximate surface area is 156 Å². The molecule has 2 nitrogen and oxygen atoms in total. The molecule has 1 aromatic heterocycles. The van der Waals surface area contributed by atoms with Crippen molar-refractivity contribution in [3.05, 3.63) is 65.4 Å². The molecule has 0 radical (unpaired) electrons. The fraction of sp³-hybridized carbons (Fsp3) is 0.217. The summed E-state index contributed by atoms with van der Waals surface area (Å²) >= 11 is 0. The molecular formula is C23H23N2Si+. The van der Waals surface area contributed by atoms with Gasteiger partial charge in [-0.2, -0.15) is 5.26 Å². The van der Waals surface area contributed by atoms with E-state index in [1.807, 2.05) is 0 Å². The van der Waals surface area contributed by atoms with Gasteiger partial charge in [-0.05, 0) is 52.5 Å². The van der Waals surface area contributed by atoms with E-state index >= 15 is 0 Å². The fourth-order valence-corrected chi connectivity index (χ4v) is 8.40. The highest BCUT2D eigenvalue weighted by atomic mass is 28.3. The first-order valence-electron chi connectivity index (χ1n) is 9.01. The molecule has 0 N–H and O–H groups in total. The summed E-state index contributed by atoms with van der Waals surface area (Å²) in [6.07, 6.45) is 2.11. The summed E-state index contributed by atoms with van der Waals surface area (Å²) in [5.74, 6) is 0. The van der Waals surface area contributed by atoms with Gasteiger partial charge in [-0.15, -0.1) is 0 Å². The Morgan fingerprint density at radius 2 is 1.54 bits per heavy atom. The number of fused-ring (bicyclic) bond motifs is 3. The van der Waals surface area contributed by atoms with E-state index in [1.165, 1.54) is 38.3 Å². The zero-order valence-corrected chi connectivity index (χ0v) is 17.0. The van der Waals surface area contributed by atoms with Gasteiger partial charge in [0.1, 0.15) is 15.1 Å². The lowest BCUT2D eigenvalue weighted by molar-refractivity contribution is -0.660. The monoisotopic (exact) mass is 355 g/mol. The molecule has 2 heterocycles.